The van der Waals surface area contributed by atoms with Gasteiger partial charge in [-0.1, -0.05) is 43.8 Å². The molecule has 0 aliphatic carbocycles. The Morgan fingerprint density at radius 2 is 0.870 bits per heavy atom. The molecule has 2 N–H and O–H groups in total. The summed E-state index contributed by atoms with van der Waals surface area (Å²) >= 11 is 0. The van der Waals surface area contributed by atoms with Gasteiger partial charge >= 0.3 is 12.2 Å². The molecule has 0 unspecified atom stereocenters. The van der Waals surface area contributed by atoms with Gasteiger partial charge in [-0.25, -0.2) is 19.6 Å². The van der Waals surface area contributed by atoms with E-state index in [1.165, 1.54) is 0 Å². The van der Waals surface area contributed by atoms with E-state index >= 15 is 0 Å². The Kier molecular flexibility index (Phi) is 17.6. The van der Waals surface area contributed by atoms with Crippen LogP contribution in [0.2, 0.25) is 0 Å². The van der Waals surface area contributed by atoms with Gasteiger partial charge in [-0.05, 0) is 177 Å². The zero-order chi connectivity index (χ0) is 53.7. The van der Waals surface area contributed by atoms with E-state index in [0.717, 1.165) is 90.5 Å². The van der Waals surface area contributed by atoms with Gasteiger partial charge in [0.05, 0.1) is 24.2 Å². The van der Waals surface area contributed by atoms with Crippen molar-refractivity contribution in [1.82, 2.24) is 30.4 Å². The summed E-state index contributed by atoms with van der Waals surface area (Å²) in [5, 5.41) is 6.52. The summed E-state index contributed by atoms with van der Waals surface area (Å²) in [7, 11) is 0. The van der Waals surface area contributed by atoms with Crippen molar-refractivity contribution in [2.45, 2.75) is 161 Å². The molecule has 4 aromatic carbocycles. The largest absolute Gasteiger partial charge is 0.444 e. The molecule has 0 radical (unpaired) electrons. The van der Waals surface area contributed by atoms with Crippen LogP contribution in [0.1, 0.15) is 123 Å². The third kappa shape index (κ3) is 14.3. The number of nitrogens with zero attached hydrogens (tertiary/aromatic N) is 4. The van der Waals surface area contributed by atoms with Gasteiger partial charge in [0.2, 0.25) is 11.8 Å². The summed E-state index contributed by atoms with van der Waals surface area (Å²) in [6.07, 6.45) is 7.13. The highest BCUT2D eigenvalue weighted by Crippen LogP contribution is 2.30. The van der Waals surface area contributed by atoms with E-state index in [-0.39, 0.29) is 55.5 Å². The molecular formula is C61H74N6O10. The van der Waals surface area contributed by atoms with Crippen LogP contribution in [0.5, 0.6) is 0 Å². The molecule has 6 heterocycles. The van der Waals surface area contributed by atoms with Crippen LogP contribution < -0.4 is 10.6 Å². The number of rotatable bonds is 14. The number of aromatic nitrogens is 2. The molecule has 6 aromatic rings. The van der Waals surface area contributed by atoms with E-state index in [1.54, 1.807) is 15.9 Å². The smallest absolute Gasteiger partial charge is 0.410 e. The fourth-order valence-corrected chi connectivity index (χ4v) is 10.4. The van der Waals surface area contributed by atoms with Gasteiger partial charge in [-0.2, -0.15) is 0 Å². The van der Waals surface area contributed by atoms with Gasteiger partial charge in [-0.3, -0.25) is 29.0 Å². The molecule has 2 amide bonds. The van der Waals surface area contributed by atoms with Gasteiger partial charge in [0.15, 0.2) is 34.3 Å². The van der Waals surface area contributed by atoms with Crippen molar-refractivity contribution >= 4 is 57.5 Å². The lowest BCUT2D eigenvalue weighted by atomic mass is 10.0. The second-order valence-corrected chi connectivity index (χ2v) is 22.6. The molecule has 16 heteroatoms. The first-order valence-electron chi connectivity index (χ1n) is 26.9. The zero-order valence-corrected chi connectivity index (χ0v) is 44.6. The maximum absolute atomic E-state index is 13.2. The molecular weight excluding hydrogens is 977 g/mol. The molecule has 4 saturated heterocycles. The quantitative estimate of drug-likeness (QED) is 0.104. The number of nitrogens with one attached hydrogen (secondary N) is 2. The van der Waals surface area contributed by atoms with E-state index in [1.807, 2.05) is 120 Å². The van der Waals surface area contributed by atoms with Gasteiger partial charge in [0, 0.05) is 49.9 Å². The number of amides is 2. The second kappa shape index (κ2) is 24.1. The molecule has 0 bridgehead atoms. The lowest BCUT2D eigenvalue weighted by molar-refractivity contribution is -0.123. The number of Topliss-reactive ketones (excluding diaryl/α,β-unsaturated/α-hetero) is 4. The maximum Gasteiger partial charge on any atom is 0.410 e. The van der Waals surface area contributed by atoms with Crippen LogP contribution in [0.25, 0.3) is 45.1 Å². The van der Waals surface area contributed by atoms with E-state index in [0.29, 0.717) is 67.2 Å². The zero-order valence-electron chi connectivity index (χ0n) is 44.6. The molecule has 4 atom stereocenters. The van der Waals surface area contributed by atoms with Gasteiger partial charge in [-0.15, -0.1) is 0 Å². The predicted molar refractivity (Wildman–Crippen MR) is 294 cm³/mol. The fraction of sp³-hybridized carbons (Fsp3) is 0.475. The summed E-state index contributed by atoms with van der Waals surface area (Å²) in [6.45, 7) is 13.8. The fourth-order valence-electron chi connectivity index (χ4n) is 10.4. The number of oxazole rings is 2. The highest BCUT2D eigenvalue weighted by Gasteiger charge is 2.38. The van der Waals surface area contributed by atoms with E-state index in [2.05, 4.69) is 20.6 Å². The first-order chi connectivity index (χ1) is 36.3. The topological polar surface area (TPSA) is 203 Å². The van der Waals surface area contributed by atoms with Crippen molar-refractivity contribution in [2.75, 3.05) is 26.2 Å². The third-order valence-electron chi connectivity index (χ3n) is 14.2. The number of fused-ring (bicyclic) bond motifs is 2. The van der Waals surface area contributed by atoms with Crippen LogP contribution in [-0.2, 0) is 54.3 Å². The Morgan fingerprint density at radius 1 is 0.506 bits per heavy atom. The Bertz CT molecular complexity index is 3080. The second-order valence-electron chi connectivity index (χ2n) is 22.6. The summed E-state index contributed by atoms with van der Waals surface area (Å²) in [4.78, 5) is 88.8. The van der Waals surface area contributed by atoms with Crippen LogP contribution in [0.4, 0.5) is 9.59 Å². The molecule has 0 saturated carbocycles. The number of hydrogen-bond donors (Lipinski definition) is 2. The molecule has 16 nitrogen and oxygen atoms in total. The maximum atomic E-state index is 13.2. The molecule has 77 heavy (non-hydrogen) atoms. The monoisotopic (exact) mass is 1050 g/mol. The van der Waals surface area contributed by atoms with Crippen LogP contribution in [-0.4, -0.2) is 117 Å². The number of carbonyl (C=O) groups is 6. The molecule has 2 aromatic heterocycles. The minimum Gasteiger partial charge on any atom is -0.444 e. The van der Waals surface area contributed by atoms with Crippen LogP contribution in [0.3, 0.4) is 0 Å². The summed E-state index contributed by atoms with van der Waals surface area (Å²) < 4.78 is 22.9. The highest BCUT2D eigenvalue weighted by molar-refractivity contribution is 5.92. The number of carbonyl (C=O) groups excluding carboxylic acids is 6. The summed E-state index contributed by atoms with van der Waals surface area (Å²) in [5.74, 6) is 1.43. The van der Waals surface area contributed by atoms with Gasteiger partial charge in [0.1, 0.15) is 22.2 Å². The van der Waals surface area contributed by atoms with Crippen molar-refractivity contribution < 1.29 is 47.1 Å². The van der Waals surface area contributed by atoms with E-state index < -0.39 is 35.5 Å². The first-order valence-corrected chi connectivity index (χ1v) is 26.9. The third-order valence-corrected chi connectivity index (χ3v) is 14.2. The predicted octanol–water partition coefficient (Wildman–Crippen LogP) is 10.4. The van der Waals surface area contributed by atoms with Crippen LogP contribution in [0.15, 0.2) is 93.8 Å². The minimum atomic E-state index is -0.624. The Balaban J connectivity index is 0.000000214. The Hall–Kier alpha value is -7.04. The molecule has 4 aliphatic heterocycles. The highest BCUT2D eigenvalue weighted by atomic mass is 16.6. The molecule has 4 fully saturated rings. The van der Waals surface area contributed by atoms with Crippen molar-refractivity contribution in [3.8, 4) is 22.9 Å². The Labute approximate surface area is 451 Å². The van der Waals surface area contributed by atoms with Crippen molar-refractivity contribution in [3.05, 3.63) is 107 Å². The van der Waals surface area contributed by atoms with E-state index in [4.69, 9.17) is 18.3 Å². The molecule has 10 rings (SSSR count). The lowest BCUT2D eigenvalue weighted by Gasteiger charge is -2.28. The van der Waals surface area contributed by atoms with Gasteiger partial charge in [0.25, 0.3) is 0 Å². The number of likely N-dealkylation sites (tertiary alicyclic amines) is 2. The van der Waals surface area contributed by atoms with Crippen molar-refractivity contribution in [2.24, 2.45) is 0 Å². The van der Waals surface area contributed by atoms with Crippen molar-refractivity contribution in [1.29, 1.82) is 0 Å². The number of hydrogen-bond acceptors (Lipinski definition) is 14. The molecule has 4 aliphatic rings. The van der Waals surface area contributed by atoms with Gasteiger partial charge < -0.3 is 28.9 Å². The Morgan fingerprint density at radius 3 is 1.25 bits per heavy atom. The molecule has 408 valence electrons. The summed E-state index contributed by atoms with van der Waals surface area (Å²) in [5.41, 5.74) is 6.68. The average molecular weight is 1050 g/mol. The lowest BCUT2D eigenvalue weighted by Crippen LogP contribution is -2.43. The van der Waals surface area contributed by atoms with Crippen LogP contribution >= 0.6 is 0 Å². The normalized spacial score (nSPS) is 19.5. The number of ketones is 4. The number of ether oxygens (including phenoxy) is 2. The summed E-state index contributed by atoms with van der Waals surface area (Å²) in [6, 6.07) is 25.6. The SMILES string of the molecule is C.CC(C)(C)OC(=O)N1CCC[C@H]1C(=O)Cc1ccc(-c2nc3cc(CC(=O)[C@@H]4CCCN4C(=O)OC(C)(C)C)ccc3o2)cc1.O=C(Cc1ccc(-c2nc3cc(CC(=O)[C@@H]4CCCN4)ccc3o2)cc1)[C@@H]1CCCN1. The number of benzene rings is 4. The van der Waals surface area contributed by atoms with Crippen molar-refractivity contribution in [3.63, 3.8) is 0 Å². The first kappa shape index (κ1) is 56.2. The average Bonchev–Trinajstić information content (AvgIpc) is 4.25. The van der Waals surface area contributed by atoms with Crippen LogP contribution in [0, 0.1) is 0 Å². The molecule has 0 spiro atoms. The minimum absolute atomic E-state index is 0. The van der Waals surface area contributed by atoms with E-state index in [9.17, 15) is 28.8 Å². The standard InChI is InChI=1S/C35H43N3O7.C25H27N3O3.CH4/c1-34(2,3)44-32(41)37-17-7-9-26(37)28(39)20-22-11-14-24(15-12-22)31-36-25-19-23(13-16-30(25)43-31)21-29(40)27-10-8-18-38(27)33(42)45-35(4,5)6;29-22(19-3-1-11-26-19)14-16-5-8-18(9-6-16)25-28-21-13-17(7-10-24(21)31-25)15-23(30)20-4-2-12-27-20;/h11-16,19,26-27H,7-10,17-18,20-21H2,1-6H3;5-10,13,19-20,26-27H,1-4,11-12,14-15H2;1H4/t26-,27-;19-,20-;/m00./s1.